The summed E-state index contributed by atoms with van der Waals surface area (Å²) in [6, 6.07) is 4.25. The lowest BCUT2D eigenvalue weighted by Crippen LogP contribution is -2.37. The summed E-state index contributed by atoms with van der Waals surface area (Å²) in [5, 5.41) is 21.5. The third kappa shape index (κ3) is 3.65. The van der Waals surface area contributed by atoms with Crippen molar-refractivity contribution < 1.29 is 19.8 Å². The van der Waals surface area contributed by atoms with Crippen molar-refractivity contribution in [2.75, 3.05) is 11.9 Å². The summed E-state index contributed by atoms with van der Waals surface area (Å²) in [5.41, 5.74) is -0.0959. The highest BCUT2D eigenvalue weighted by Crippen LogP contribution is 2.30. The van der Waals surface area contributed by atoms with Gasteiger partial charge in [0.25, 0.3) is 0 Å². The fraction of sp³-hybridized carbons (Fsp3) is 0.467. The number of urea groups is 1. The molecule has 0 heterocycles. The van der Waals surface area contributed by atoms with Gasteiger partial charge in [0.05, 0.1) is 5.69 Å². The number of nitrogens with zero attached hydrogens (tertiary/aromatic N) is 1. The molecule has 6 heteroatoms. The molecule has 0 atom stereocenters. The minimum absolute atomic E-state index is 0.127. The van der Waals surface area contributed by atoms with E-state index in [-0.39, 0.29) is 23.3 Å². The van der Waals surface area contributed by atoms with Crippen LogP contribution in [0, 0.1) is 0 Å². The van der Waals surface area contributed by atoms with Crippen molar-refractivity contribution in [2.45, 2.75) is 38.6 Å². The Kier molecular flexibility index (Phi) is 4.67. The maximum absolute atomic E-state index is 12.3. The van der Waals surface area contributed by atoms with E-state index in [1.54, 1.807) is 4.90 Å². The predicted molar refractivity (Wildman–Crippen MR) is 78.7 cm³/mol. The van der Waals surface area contributed by atoms with E-state index in [9.17, 15) is 14.7 Å². The molecule has 0 aromatic heterocycles. The molecule has 0 bridgehead atoms. The number of anilines is 1. The SMILES string of the molecule is CCCCN(C(=O)Nc1cccc(C(=O)O)c1O)C1CC1. The third-order valence-corrected chi connectivity index (χ3v) is 3.51. The zero-order valence-corrected chi connectivity index (χ0v) is 12.0. The van der Waals surface area contributed by atoms with Crippen LogP contribution < -0.4 is 5.32 Å². The molecular formula is C15H20N2O4. The van der Waals surface area contributed by atoms with E-state index in [4.69, 9.17) is 5.11 Å². The number of rotatable bonds is 6. The minimum atomic E-state index is -1.23. The number of nitrogens with one attached hydrogen (secondary N) is 1. The van der Waals surface area contributed by atoms with Gasteiger partial charge in [-0.25, -0.2) is 9.59 Å². The van der Waals surface area contributed by atoms with Crippen molar-refractivity contribution in [3.05, 3.63) is 23.8 Å². The Morgan fingerprint density at radius 1 is 1.38 bits per heavy atom. The average molecular weight is 292 g/mol. The number of unbranched alkanes of at least 4 members (excludes halogenated alkanes) is 1. The molecule has 0 radical (unpaired) electrons. The second-order valence-corrected chi connectivity index (χ2v) is 5.22. The largest absolute Gasteiger partial charge is 0.505 e. The van der Waals surface area contributed by atoms with Crippen molar-refractivity contribution in [2.24, 2.45) is 0 Å². The molecule has 1 aliphatic rings. The van der Waals surface area contributed by atoms with Gasteiger partial charge in [-0.1, -0.05) is 19.4 Å². The molecule has 0 aliphatic heterocycles. The molecule has 2 amide bonds. The van der Waals surface area contributed by atoms with Crippen LogP contribution in [0.1, 0.15) is 43.0 Å². The molecule has 1 aliphatic carbocycles. The Morgan fingerprint density at radius 2 is 2.10 bits per heavy atom. The number of aromatic carboxylic acids is 1. The molecule has 2 rings (SSSR count). The quantitative estimate of drug-likeness (QED) is 0.703. The summed E-state index contributed by atoms with van der Waals surface area (Å²) in [7, 11) is 0. The Bertz CT molecular complexity index is 540. The van der Waals surface area contributed by atoms with E-state index in [1.165, 1.54) is 18.2 Å². The lowest BCUT2D eigenvalue weighted by atomic mass is 10.1. The van der Waals surface area contributed by atoms with Crippen LogP contribution in [0.5, 0.6) is 5.75 Å². The predicted octanol–water partition coefficient (Wildman–Crippen LogP) is 2.89. The summed E-state index contributed by atoms with van der Waals surface area (Å²) in [6.45, 7) is 2.73. The Balaban J connectivity index is 2.11. The van der Waals surface area contributed by atoms with E-state index in [2.05, 4.69) is 12.2 Å². The molecule has 1 fully saturated rings. The average Bonchev–Trinajstić information content (AvgIpc) is 3.26. The highest BCUT2D eigenvalue weighted by atomic mass is 16.4. The second kappa shape index (κ2) is 6.47. The van der Waals surface area contributed by atoms with Crippen LogP contribution in [0.25, 0.3) is 0 Å². The molecule has 1 aromatic rings. The lowest BCUT2D eigenvalue weighted by Gasteiger charge is -2.23. The number of benzene rings is 1. The maximum Gasteiger partial charge on any atom is 0.339 e. The lowest BCUT2D eigenvalue weighted by molar-refractivity contribution is 0.0693. The van der Waals surface area contributed by atoms with Crippen LogP contribution in [0.4, 0.5) is 10.5 Å². The van der Waals surface area contributed by atoms with E-state index < -0.39 is 11.7 Å². The van der Waals surface area contributed by atoms with Crippen molar-refractivity contribution in [3.63, 3.8) is 0 Å². The van der Waals surface area contributed by atoms with Gasteiger partial charge in [-0.05, 0) is 31.4 Å². The highest BCUT2D eigenvalue weighted by Gasteiger charge is 2.32. The number of para-hydroxylation sites is 1. The third-order valence-electron chi connectivity index (χ3n) is 3.51. The van der Waals surface area contributed by atoms with E-state index in [0.717, 1.165) is 25.7 Å². The molecule has 1 aromatic carbocycles. The number of carbonyl (C=O) groups is 2. The van der Waals surface area contributed by atoms with E-state index in [1.807, 2.05) is 0 Å². The molecule has 3 N–H and O–H groups in total. The summed E-state index contributed by atoms with van der Waals surface area (Å²) in [4.78, 5) is 25.0. The first-order chi connectivity index (χ1) is 10.0. The van der Waals surface area contributed by atoms with Crippen molar-refractivity contribution in [3.8, 4) is 5.75 Å². The van der Waals surface area contributed by atoms with Gasteiger partial charge in [0.15, 0.2) is 5.75 Å². The molecule has 114 valence electrons. The highest BCUT2D eigenvalue weighted by molar-refractivity contribution is 5.97. The molecular weight excluding hydrogens is 272 g/mol. The van der Waals surface area contributed by atoms with Crippen molar-refractivity contribution in [1.82, 2.24) is 4.90 Å². The fourth-order valence-corrected chi connectivity index (χ4v) is 2.17. The molecule has 6 nitrogen and oxygen atoms in total. The Labute approximate surface area is 123 Å². The minimum Gasteiger partial charge on any atom is -0.505 e. The first kappa shape index (κ1) is 15.2. The molecule has 21 heavy (non-hydrogen) atoms. The van der Waals surface area contributed by atoms with Gasteiger partial charge < -0.3 is 20.4 Å². The number of carboxylic acids is 1. The second-order valence-electron chi connectivity index (χ2n) is 5.22. The van der Waals surface area contributed by atoms with E-state index in [0.29, 0.717) is 6.54 Å². The van der Waals surface area contributed by atoms with Crippen molar-refractivity contribution >= 4 is 17.7 Å². The number of hydrogen-bond acceptors (Lipinski definition) is 3. The van der Waals surface area contributed by atoms with Gasteiger partial charge in [-0.2, -0.15) is 0 Å². The van der Waals surface area contributed by atoms with Crippen LogP contribution in [-0.2, 0) is 0 Å². The standard InChI is InChI=1S/C15H20N2O4/c1-2-3-9-17(10-7-8-10)15(21)16-12-6-4-5-11(13(12)18)14(19)20/h4-6,10,18H,2-3,7-9H2,1H3,(H,16,21)(H,19,20). The van der Waals surface area contributed by atoms with Crippen LogP contribution in [0.3, 0.4) is 0 Å². The number of aromatic hydroxyl groups is 1. The molecule has 1 saturated carbocycles. The first-order valence-electron chi connectivity index (χ1n) is 7.17. The Hall–Kier alpha value is -2.24. The molecule has 0 unspecified atom stereocenters. The fourth-order valence-electron chi connectivity index (χ4n) is 2.17. The summed E-state index contributed by atoms with van der Waals surface area (Å²) in [6.07, 6.45) is 3.91. The van der Waals surface area contributed by atoms with Crippen LogP contribution in [0.15, 0.2) is 18.2 Å². The zero-order valence-electron chi connectivity index (χ0n) is 12.0. The van der Waals surface area contributed by atoms with Crippen molar-refractivity contribution in [1.29, 1.82) is 0 Å². The number of hydrogen-bond donors (Lipinski definition) is 3. The van der Waals surface area contributed by atoms with E-state index >= 15 is 0 Å². The molecule has 0 spiro atoms. The summed E-state index contributed by atoms with van der Waals surface area (Å²) >= 11 is 0. The topological polar surface area (TPSA) is 89.9 Å². The van der Waals surface area contributed by atoms with Gasteiger partial charge in [0.2, 0.25) is 0 Å². The van der Waals surface area contributed by atoms with Gasteiger partial charge >= 0.3 is 12.0 Å². The first-order valence-corrected chi connectivity index (χ1v) is 7.17. The number of amides is 2. The Morgan fingerprint density at radius 3 is 2.67 bits per heavy atom. The number of phenols is 1. The maximum atomic E-state index is 12.3. The van der Waals surface area contributed by atoms with Gasteiger partial charge in [0, 0.05) is 12.6 Å². The van der Waals surface area contributed by atoms with Crippen LogP contribution in [0.2, 0.25) is 0 Å². The van der Waals surface area contributed by atoms with Crippen LogP contribution >= 0.6 is 0 Å². The monoisotopic (exact) mass is 292 g/mol. The normalized spacial score (nSPS) is 13.8. The zero-order chi connectivity index (χ0) is 15.4. The smallest absolute Gasteiger partial charge is 0.339 e. The summed E-state index contributed by atoms with van der Waals surface area (Å²) in [5.74, 6) is -1.64. The van der Waals surface area contributed by atoms with Gasteiger partial charge in [-0.15, -0.1) is 0 Å². The summed E-state index contributed by atoms with van der Waals surface area (Å²) < 4.78 is 0. The number of carboxylic acid groups (broad SMARTS) is 1. The van der Waals surface area contributed by atoms with Crippen LogP contribution in [-0.4, -0.2) is 39.7 Å². The number of carbonyl (C=O) groups excluding carboxylic acids is 1. The van der Waals surface area contributed by atoms with Gasteiger partial charge in [0.1, 0.15) is 5.56 Å². The molecule has 0 saturated heterocycles. The van der Waals surface area contributed by atoms with Gasteiger partial charge in [-0.3, -0.25) is 0 Å².